The van der Waals surface area contributed by atoms with Crippen molar-refractivity contribution in [3.8, 4) is 11.5 Å². The summed E-state index contributed by atoms with van der Waals surface area (Å²) in [7, 11) is 0. The molecule has 2 aromatic heterocycles. The van der Waals surface area contributed by atoms with Crippen LogP contribution in [0.5, 0.6) is 11.5 Å². The number of carboxylic acid groups (broad SMARTS) is 1. The number of aromatic carboxylic acids is 1. The highest BCUT2D eigenvalue weighted by Crippen LogP contribution is 2.54. The number of fused-ring (bicyclic) bond motifs is 2. The van der Waals surface area contributed by atoms with E-state index in [-0.39, 0.29) is 6.10 Å². The van der Waals surface area contributed by atoms with E-state index in [2.05, 4.69) is 14.4 Å². The van der Waals surface area contributed by atoms with Crippen molar-refractivity contribution in [3.05, 3.63) is 58.2 Å². The first kappa shape index (κ1) is 27.7. The molecule has 0 spiro atoms. The first-order chi connectivity index (χ1) is 20.1. The molecular formula is C30H32ClFN4O5S. The van der Waals surface area contributed by atoms with E-state index in [1.165, 1.54) is 17.4 Å². The van der Waals surface area contributed by atoms with E-state index in [1.807, 2.05) is 18.2 Å². The molecule has 1 aliphatic carbocycles. The summed E-state index contributed by atoms with van der Waals surface area (Å²) in [5.41, 5.74) is 0.719. The number of carboxylic acids is 1. The van der Waals surface area contributed by atoms with Gasteiger partial charge in [-0.05, 0) is 43.7 Å². The van der Waals surface area contributed by atoms with Gasteiger partial charge in [0.25, 0.3) is 5.79 Å². The maximum absolute atomic E-state index is 15.3. The van der Waals surface area contributed by atoms with Gasteiger partial charge in [-0.2, -0.15) is 0 Å². The second kappa shape index (κ2) is 10.3. The second-order valence-electron chi connectivity index (χ2n) is 11.6. The zero-order chi connectivity index (χ0) is 29.2. The maximum Gasteiger partial charge on any atom is 0.346 e. The summed E-state index contributed by atoms with van der Waals surface area (Å²) in [6, 6.07) is 7.54. The van der Waals surface area contributed by atoms with Gasteiger partial charge in [0.1, 0.15) is 21.7 Å². The predicted molar refractivity (Wildman–Crippen MR) is 159 cm³/mol. The number of para-hydroxylation sites is 1. The van der Waals surface area contributed by atoms with E-state index >= 15 is 4.39 Å². The number of aromatic nitrogens is 2. The van der Waals surface area contributed by atoms with Crippen LogP contribution in [0.15, 0.2) is 47.5 Å². The minimum atomic E-state index is -1.37. The Bertz CT molecular complexity index is 1610. The fourth-order valence-corrected chi connectivity index (χ4v) is 7.13. The second-order valence-corrected chi connectivity index (χ2v) is 13.1. The summed E-state index contributed by atoms with van der Waals surface area (Å²) in [6.07, 6.45) is 4.57. The molecule has 4 aliphatic rings. The molecule has 2 fully saturated rings. The van der Waals surface area contributed by atoms with Gasteiger partial charge in [-0.15, -0.1) is 11.3 Å². The van der Waals surface area contributed by atoms with E-state index in [4.69, 9.17) is 30.8 Å². The van der Waals surface area contributed by atoms with Crippen molar-refractivity contribution in [3.63, 3.8) is 0 Å². The summed E-state index contributed by atoms with van der Waals surface area (Å²) in [6.45, 7) is 8.79. The molecule has 0 saturated carbocycles. The number of thiophene rings is 1. The SMILES string of the molecule is CC1([C@]2(C)Oc3cccc(N4CCN(Cc5nc6sc(C(=O)O)cc6n5C[C@@H]5CCO5)CC4)c3O2)C=CC(Cl)=CC1F. The number of halogens is 2. The van der Waals surface area contributed by atoms with E-state index < -0.39 is 23.3 Å². The third kappa shape index (κ3) is 4.57. The van der Waals surface area contributed by atoms with Gasteiger partial charge >= 0.3 is 5.97 Å². The van der Waals surface area contributed by atoms with Crippen LogP contribution < -0.4 is 14.4 Å². The molecule has 1 aromatic carbocycles. The number of ether oxygens (including phenoxy) is 3. The van der Waals surface area contributed by atoms with Crippen molar-refractivity contribution < 1.29 is 28.5 Å². The lowest BCUT2D eigenvalue weighted by Crippen LogP contribution is -2.55. The van der Waals surface area contributed by atoms with Gasteiger partial charge in [0.15, 0.2) is 11.5 Å². The zero-order valence-electron chi connectivity index (χ0n) is 23.4. The molecule has 2 unspecified atom stereocenters. The number of carbonyl (C=O) groups is 1. The molecule has 4 atom stereocenters. The molecule has 0 bridgehead atoms. The number of hydrogen-bond donors (Lipinski definition) is 1. The minimum Gasteiger partial charge on any atom is -0.477 e. The van der Waals surface area contributed by atoms with Gasteiger partial charge in [0.2, 0.25) is 0 Å². The first-order valence-electron chi connectivity index (χ1n) is 14.2. The number of rotatable bonds is 7. The molecule has 3 aromatic rings. The average molecular weight is 615 g/mol. The number of allylic oxidation sites excluding steroid dienone is 3. The maximum atomic E-state index is 15.3. The molecule has 3 aliphatic heterocycles. The van der Waals surface area contributed by atoms with Crippen LogP contribution in [0.25, 0.3) is 10.3 Å². The van der Waals surface area contributed by atoms with E-state index in [9.17, 15) is 9.90 Å². The van der Waals surface area contributed by atoms with Gasteiger partial charge < -0.3 is 28.8 Å². The molecule has 9 nitrogen and oxygen atoms in total. The Morgan fingerprint density at radius 3 is 2.71 bits per heavy atom. The fraction of sp³-hybridized carbons (Fsp3) is 0.467. The van der Waals surface area contributed by atoms with E-state index in [0.717, 1.165) is 61.1 Å². The van der Waals surface area contributed by atoms with Crippen LogP contribution in [0.1, 0.15) is 35.8 Å². The summed E-state index contributed by atoms with van der Waals surface area (Å²) < 4.78 is 35.9. The molecule has 222 valence electrons. The van der Waals surface area contributed by atoms with Gasteiger partial charge in [-0.1, -0.05) is 23.7 Å². The van der Waals surface area contributed by atoms with Crippen molar-refractivity contribution in [2.75, 3.05) is 37.7 Å². The predicted octanol–water partition coefficient (Wildman–Crippen LogP) is 5.43. The van der Waals surface area contributed by atoms with Crippen LogP contribution in [0.3, 0.4) is 0 Å². The first-order valence-corrected chi connectivity index (χ1v) is 15.4. The minimum absolute atomic E-state index is 0.131. The van der Waals surface area contributed by atoms with E-state index in [0.29, 0.717) is 34.5 Å². The lowest BCUT2D eigenvalue weighted by atomic mass is 9.75. The van der Waals surface area contributed by atoms with Crippen LogP contribution >= 0.6 is 22.9 Å². The lowest BCUT2D eigenvalue weighted by molar-refractivity contribution is -0.154. The van der Waals surface area contributed by atoms with Gasteiger partial charge in [0.05, 0.1) is 35.8 Å². The number of imidazole rings is 1. The summed E-state index contributed by atoms with van der Waals surface area (Å²) in [5.74, 6) is -0.0260. The third-order valence-corrected chi connectivity index (χ3v) is 10.3. The van der Waals surface area contributed by atoms with Crippen LogP contribution in [0.4, 0.5) is 10.1 Å². The summed E-state index contributed by atoms with van der Waals surface area (Å²) >= 11 is 7.26. The van der Waals surface area contributed by atoms with Crippen molar-refractivity contribution in [2.24, 2.45) is 5.41 Å². The third-order valence-electron chi connectivity index (χ3n) is 9.00. The quantitative estimate of drug-likeness (QED) is 0.377. The molecule has 1 N–H and O–H groups in total. The molecule has 0 radical (unpaired) electrons. The van der Waals surface area contributed by atoms with Gasteiger partial charge in [-0.3, -0.25) is 4.90 Å². The Morgan fingerprint density at radius 1 is 1.24 bits per heavy atom. The highest BCUT2D eigenvalue weighted by molar-refractivity contribution is 7.20. The van der Waals surface area contributed by atoms with Crippen LogP contribution in [0, 0.1) is 5.41 Å². The topological polar surface area (TPSA) is 89.3 Å². The molecular weight excluding hydrogens is 583 g/mol. The van der Waals surface area contributed by atoms with E-state index in [1.54, 1.807) is 32.1 Å². The number of benzene rings is 1. The van der Waals surface area contributed by atoms with Crippen LogP contribution in [-0.2, 0) is 17.8 Å². The Balaban J connectivity index is 1.06. The Kier molecular flexibility index (Phi) is 6.76. The van der Waals surface area contributed by atoms with Crippen molar-refractivity contribution in [1.82, 2.24) is 14.5 Å². The number of alkyl halides is 1. The number of hydrogen-bond acceptors (Lipinski definition) is 8. The largest absolute Gasteiger partial charge is 0.477 e. The molecule has 12 heteroatoms. The Labute approximate surface area is 251 Å². The summed E-state index contributed by atoms with van der Waals surface area (Å²) in [4.78, 5) is 22.1. The number of anilines is 1. The van der Waals surface area contributed by atoms with Crippen molar-refractivity contribution >= 4 is 44.9 Å². The number of nitrogens with zero attached hydrogens (tertiary/aromatic N) is 4. The Morgan fingerprint density at radius 2 is 2.02 bits per heavy atom. The van der Waals surface area contributed by atoms with Crippen molar-refractivity contribution in [2.45, 2.75) is 51.4 Å². The van der Waals surface area contributed by atoms with Gasteiger partial charge in [0, 0.05) is 44.7 Å². The summed E-state index contributed by atoms with van der Waals surface area (Å²) in [5, 5.41) is 9.83. The van der Waals surface area contributed by atoms with Crippen LogP contribution in [0.2, 0.25) is 0 Å². The monoisotopic (exact) mass is 614 g/mol. The number of piperazine rings is 1. The molecule has 0 amide bonds. The van der Waals surface area contributed by atoms with Crippen molar-refractivity contribution in [1.29, 1.82) is 0 Å². The molecule has 2 saturated heterocycles. The Hall–Kier alpha value is -3.12. The van der Waals surface area contributed by atoms with Crippen LogP contribution in [-0.4, -0.2) is 76.4 Å². The lowest BCUT2D eigenvalue weighted by Gasteiger charge is -2.42. The average Bonchev–Trinajstić information content (AvgIpc) is 3.60. The standard InChI is InChI=1S/C30H32ClFN4O5S/c1-29(8-6-18(31)14-24(29)32)30(2)40-22-5-3-4-20(26(22)41-30)35-11-9-34(10-12-35)17-25-33-27-21(15-23(42-27)28(37)38)36(25)16-19-7-13-39-19/h3-6,8,14-15,19,24H,7,9-13,16-17H2,1-2H3,(H,37,38)/t19-,24?,29?,30+/m0/s1. The molecule has 42 heavy (non-hydrogen) atoms. The fourth-order valence-electron chi connectivity index (χ4n) is 6.07. The smallest absolute Gasteiger partial charge is 0.346 e. The van der Waals surface area contributed by atoms with Gasteiger partial charge in [-0.25, -0.2) is 14.2 Å². The normalized spacial score (nSPS) is 29.1. The zero-order valence-corrected chi connectivity index (χ0v) is 25.0. The molecule has 7 rings (SSSR count). The highest BCUT2D eigenvalue weighted by Gasteiger charge is 2.57. The molecule has 5 heterocycles. The highest BCUT2D eigenvalue weighted by atomic mass is 35.5.